The predicted octanol–water partition coefficient (Wildman–Crippen LogP) is -6.14. The average molecular weight is 370 g/mol. The van der Waals surface area contributed by atoms with Crippen molar-refractivity contribution < 1.29 is 51.7 Å². The summed E-state index contributed by atoms with van der Waals surface area (Å²) in [7, 11) is 4.50. The molecule has 0 N–H and O–H groups in total. The Balaban J connectivity index is -0.00000000655. The third-order valence-corrected chi connectivity index (χ3v) is 0. The summed E-state index contributed by atoms with van der Waals surface area (Å²) < 4.78 is 0. The van der Waals surface area contributed by atoms with Gasteiger partial charge in [-0.15, -0.1) is 0 Å². The van der Waals surface area contributed by atoms with E-state index in [2.05, 4.69) is 0 Å². The molecule has 0 aliphatic heterocycles. The van der Waals surface area contributed by atoms with Gasteiger partial charge in [0.05, 0.1) is 0 Å². The Morgan fingerprint density at radius 1 is 0.308 bits per heavy atom. The Hall–Kier alpha value is 0.448. The van der Waals surface area contributed by atoms with E-state index in [9.17, 15) is 0 Å². The molecule has 7 heteroatoms. The van der Waals surface area contributed by atoms with E-state index in [1.165, 1.54) is 0 Å². The summed E-state index contributed by atoms with van der Waals surface area (Å²) in [6.45, 7) is 0. The summed E-state index contributed by atoms with van der Waals surface area (Å²) >= 11 is 0. The van der Waals surface area contributed by atoms with E-state index in [0.29, 0.717) is 0 Å². The fourth-order valence-corrected chi connectivity index (χ4v) is 0. The second kappa shape index (κ2) is 8120. The van der Waals surface area contributed by atoms with Crippen LogP contribution in [0.3, 0.4) is 0 Å². The minimum atomic E-state index is 0. The summed E-state index contributed by atoms with van der Waals surface area (Å²) in [5.74, 6) is 0. The van der Waals surface area contributed by atoms with Crippen LogP contribution in [-0.2, 0) is 21.1 Å². The molecule has 0 aromatic heterocycles. The summed E-state index contributed by atoms with van der Waals surface area (Å²) in [4.78, 5) is 0. The molecule has 0 saturated carbocycles. The molecule has 0 atom stereocenters. The molecule has 0 amide bonds. The van der Waals surface area contributed by atoms with Crippen molar-refractivity contribution in [2.75, 3.05) is 42.7 Å². The summed E-state index contributed by atoms with van der Waals surface area (Å²) in [5, 5.41) is 49.5. The van der Waals surface area contributed by atoms with Crippen LogP contribution in [0.25, 0.3) is 0 Å². The van der Waals surface area contributed by atoms with E-state index in [-0.39, 0.29) is 21.1 Å². The van der Waals surface area contributed by atoms with Crippen LogP contribution < -0.4 is 30.6 Å². The van der Waals surface area contributed by atoms with Crippen LogP contribution in [-0.4, -0.2) is 42.7 Å². The monoisotopic (exact) mass is 370 g/mol. The zero-order valence-electron chi connectivity index (χ0n) is 8.86. The van der Waals surface area contributed by atoms with E-state index in [1.54, 1.807) is 0 Å². The van der Waals surface area contributed by atoms with Gasteiger partial charge in [0.2, 0.25) is 0 Å². The molecular formula is C6H18O6W-6. The third kappa shape index (κ3) is 6760. The van der Waals surface area contributed by atoms with Gasteiger partial charge in [-0.1, -0.05) is 0 Å². The van der Waals surface area contributed by atoms with Crippen LogP contribution in [0.5, 0.6) is 0 Å². The van der Waals surface area contributed by atoms with Gasteiger partial charge in [-0.3, -0.25) is 0 Å². The zero-order valence-corrected chi connectivity index (χ0v) is 11.8. The Labute approximate surface area is 94.7 Å². The topological polar surface area (TPSA) is 138 Å². The van der Waals surface area contributed by atoms with Crippen LogP contribution in [0.2, 0.25) is 0 Å². The average Bonchev–Trinajstić information content (AvgIpc) is 2.33. The molecule has 0 radical (unpaired) electrons. The van der Waals surface area contributed by atoms with Gasteiger partial charge in [-0.05, 0) is 0 Å². The zero-order chi connectivity index (χ0) is 12.0. The second-order valence-corrected chi connectivity index (χ2v) is 0. The summed E-state index contributed by atoms with van der Waals surface area (Å²) in [5.41, 5.74) is 0. The van der Waals surface area contributed by atoms with Crippen molar-refractivity contribution in [3.8, 4) is 0 Å². The first-order chi connectivity index (χ1) is 6.00. The van der Waals surface area contributed by atoms with Crippen LogP contribution in [0, 0.1) is 0 Å². The smallest absolute Gasteiger partial charge is 0 e. The minimum absolute atomic E-state index is 0. The Morgan fingerprint density at radius 2 is 0.308 bits per heavy atom. The van der Waals surface area contributed by atoms with E-state index < -0.39 is 0 Å². The molecular weight excluding hydrogens is 352 g/mol. The molecule has 0 rings (SSSR count). The van der Waals surface area contributed by atoms with Gasteiger partial charge in [0.1, 0.15) is 0 Å². The molecule has 0 saturated heterocycles. The maximum Gasteiger partial charge on any atom is 0 e. The van der Waals surface area contributed by atoms with Crippen molar-refractivity contribution in [3.05, 3.63) is 0 Å². The normalized spacial score (nSPS) is 2.77. The second-order valence-electron chi connectivity index (χ2n) is 0. The Bertz CT molecular complexity index is 17.1. The van der Waals surface area contributed by atoms with Crippen molar-refractivity contribution in [2.45, 2.75) is 0 Å². The molecule has 0 unspecified atom stereocenters. The maximum absolute atomic E-state index is 8.25. The SMILES string of the molecule is C[O-].C[O-].C[O-].C[O-].C[O-].C[O-].[W]. The van der Waals surface area contributed by atoms with E-state index in [1.807, 2.05) is 0 Å². The number of rotatable bonds is 0. The molecule has 0 aromatic carbocycles. The summed E-state index contributed by atoms with van der Waals surface area (Å²) in [6, 6.07) is 0. The van der Waals surface area contributed by atoms with Crippen molar-refractivity contribution in [1.82, 2.24) is 0 Å². The van der Waals surface area contributed by atoms with Gasteiger partial charge in [0.15, 0.2) is 0 Å². The number of hydrogen-bond acceptors (Lipinski definition) is 6. The van der Waals surface area contributed by atoms with Crippen molar-refractivity contribution in [1.29, 1.82) is 0 Å². The molecule has 6 nitrogen and oxygen atoms in total. The quantitative estimate of drug-likeness (QED) is 0.416. The van der Waals surface area contributed by atoms with E-state index in [4.69, 9.17) is 30.6 Å². The number of hydrogen-bond donors (Lipinski definition) is 0. The Morgan fingerprint density at radius 3 is 0.308 bits per heavy atom. The van der Waals surface area contributed by atoms with Gasteiger partial charge < -0.3 is 30.6 Å². The van der Waals surface area contributed by atoms with Crippen LogP contribution >= 0.6 is 0 Å². The fourth-order valence-electron chi connectivity index (χ4n) is 0. The van der Waals surface area contributed by atoms with E-state index >= 15 is 0 Å². The standard InChI is InChI=1S/6CH3O.W/c6*1-2;/h6*1H3;/q6*-1;. The first-order valence-electron chi connectivity index (χ1n) is 2.45. The molecule has 0 aliphatic rings. The third-order valence-electron chi connectivity index (χ3n) is 0. The largest absolute Gasteiger partial charge is 0.857 e. The van der Waals surface area contributed by atoms with Gasteiger partial charge in [-0.2, -0.15) is 42.7 Å². The molecule has 0 aliphatic carbocycles. The van der Waals surface area contributed by atoms with Crippen LogP contribution in [0.4, 0.5) is 0 Å². The van der Waals surface area contributed by atoms with Crippen molar-refractivity contribution in [2.24, 2.45) is 0 Å². The molecule has 90 valence electrons. The van der Waals surface area contributed by atoms with Gasteiger partial charge in [0.25, 0.3) is 0 Å². The maximum atomic E-state index is 8.25. The molecule has 0 fully saturated rings. The molecule has 0 bridgehead atoms. The van der Waals surface area contributed by atoms with Crippen molar-refractivity contribution in [3.63, 3.8) is 0 Å². The first kappa shape index (κ1) is 50.1. The molecule has 13 heavy (non-hydrogen) atoms. The first-order valence-corrected chi connectivity index (χ1v) is 2.45. The Kier molecular flexibility index (Phi) is 31300. The van der Waals surface area contributed by atoms with E-state index in [0.717, 1.165) is 42.7 Å². The molecule has 0 spiro atoms. The van der Waals surface area contributed by atoms with Gasteiger partial charge in [0, 0.05) is 21.1 Å². The van der Waals surface area contributed by atoms with Crippen molar-refractivity contribution >= 4 is 0 Å². The predicted molar refractivity (Wildman–Crippen MR) is 35.5 cm³/mol. The molecule has 0 heterocycles. The van der Waals surface area contributed by atoms with Crippen LogP contribution in [0.1, 0.15) is 0 Å². The molecule has 0 aromatic rings. The minimum Gasteiger partial charge on any atom is -0.857 e. The van der Waals surface area contributed by atoms with Gasteiger partial charge in [-0.25, -0.2) is 0 Å². The fraction of sp³-hybridized carbons (Fsp3) is 1.00. The van der Waals surface area contributed by atoms with Crippen LogP contribution in [0.15, 0.2) is 0 Å². The summed E-state index contributed by atoms with van der Waals surface area (Å²) in [6.07, 6.45) is 0. The van der Waals surface area contributed by atoms with Gasteiger partial charge >= 0.3 is 0 Å².